The fourth-order valence-corrected chi connectivity index (χ4v) is 3.40. The summed E-state index contributed by atoms with van der Waals surface area (Å²) < 4.78 is 10.3. The second kappa shape index (κ2) is 9.94. The van der Waals surface area contributed by atoms with Gasteiger partial charge in [0, 0.05) is 0 Å². The van der Waals surface area contributed by atoms with Crippen LogP contribution in [-0.4, -0.2) is 53.5 Å². The number of rotatable bonds is 6. The number of hydrogen-bond donors (Lipinski definition) is 1. The van der Waals surface area contributed by atoms with Crippen LogP contribution in [0.3, 0.4) is 0 Å². The summed E-state index contributed by atoms with van der Waals surface area (Å²) in [7, 11) is 1.25. The van der Waals surface area contributed by atoms with Gasteiger partial charge in [0.25, 0.3) is 0 Å². The fraction of sp³-hybridized carbons (Fsp3) is 0.565. The third-order valence-corrected chi connectivity index (χ3v) is 4.88. The van der Waals surface area contributed by atoms with Crippen LogP contribution in [0.25, 0.3) is 0 Å². The van der Waals surface area contributed by atoms with E-state index in [4.69, 9.17) is 9.47 Å². The highest BCUT2D eigenvalue weighted by atomic mass is 16.6. The van der Waals surface area contributed by atoms with Crippen LogP contribution in [0, 0.1) is 11.8 Å². The molecule has 3 unspecified atom stereocenters. The Balaban J connectivity index is 2.45. The van der Waals surface area contributed by atoms with Gasteiger partial charge in [0.05, 0.1) is 25.7 Å². The number of methoxy groups -OCH3 is 1. The summed E-state index contributed by atoms with van der Waals surface area (Å²) in [5.41, 5.74) is 0.212. The van der Waals surface area contributed by atoms with Gasteiger partial charge in [-0.3, -0.25) is 19.5 Å². The SMILES string of the molecule is COC(=O)C1C(=O)N(Cc2ccccc2)C(C(NC(=O)OC(C)(C)C)C(C)C)=NC1C. The molecule has 8 heteroatoms. The van der Waals surface area contributed by atoms with E-state index >= 15 is 0 Å². The zero-order valence-electron chi connectivity index (χ0n) is 19.3. The molecular weight excluding hydrogens is 398 g/mol. The first-order valence-corrected chi connectivity index (χ1v) is 10.4. The largest absolute Gasteiger partial charge is 0.468 e. The molecule has 1 aliphatic rings. The number of benzene rings is 1. The average molecular weight is 432 g/mol. The average Bonchev–Trinajstić information content (AvgIpc) is 2.67. The van der Waals surface area contributed by atoms with Crippen molar-refractivity contribution in [3.63, 3.8) is 0 Å². The standard InChI is InChI=1S/C23H33N3O5/c1-14(2)18(25-22(29)31-23(4,5)6)19-24-15(3)17(21(28)30-7)20(27)26(19)13-16-11-9-8-10-12-16/h8-12,14-15,17-18H,13H2,1-7H3,(H,25,29). The fourth-order valence-electron chi connectivity index (χ4n) is 3.40. The molecule has 0 spiro atoms. The van der Waals surface area contributed by atoms with E-state index in [0.717, 1.165) is 5.56 Å². The predicted molar refractivity (Wildman–Crippen MR) is 117 cm³/mol. The molecule has 170 valence electrons. The highest BCUT2D eigenvalue weighted by molar-refractivity contribution is 6.10. The summed E-state index contributed by atoms with van der Waals surface area (Å²) in [6.07, 6.45) is -0.594. The summed E-state index contributed by atoms with van der Waals surface area (Å²) in [5, 5.41) is 2.86. The van der Waals surface area contributed by atoms with Crippen molar-refractivity contribution in [2.75, 3.05) is 7.11 Å². The highest BCUT2D eigenvalue weighted by Crippen LogP contribution is 2.25. The minimum atomic E-state index is -1.04. The summed E-state index contributed by atoms with van der Waals surface area (Å²) in [6.45, 7) is 11.1. The van der Waals surface area contributed by atoms with Crippen molar-refractivity contribution in [1.29, 1.82) is 0 Å². The van der Waals surface area contributed by atoms with Gasteiger partial charge in [-0.05, 0) is 39.2 Å². The molecular formula is C23H33N3O5. The molecule has 0 radical (unpaired) electrons. The number of nitrogens with one attached hydrogen (secondary N) is 1. The van der Waals surface area contributed by atoms with E-state index in [2.05, 4.69) is 10.3 Å². The van der Waals surface area contributed by atoms with Crippen LogP contribution >= 0.6 is 0 Å². The lowest BCUT2D eigenvalue weighted by Gasteiger charge is -2.38. The van der Waals surface area contributed by atoms with Gasteiger partial charge in [-0.25, -0.2) is 4.79 Å². The van der Waals surface area contributed by atoms with Crippen LogP contribution < -0.4 is 5.32 Å². The van der Waals surface area contributed by atoms with Crippen molar-refractivity contribution in [3.8, 4) is 0 Å². The van der Waals surface area contributed by atoms with Crippen molar-refractivity contribution in [3.05, 3.63) is 35.9 Å². The quantitative estimate of drug-likeness (QED) is 0.551. The Morgan fingerprint density at radius 1 is 1.19 bits per heavy atom. The molecule has 1 aromatic carbocycles. The molecule has 0 saturated heterocycles. The topological polar surface area (TPSA) is 97.3 Å². The van der Waals surface area contributed by atoms with Gasteiger partial charge in [-0.15, -0.1) is 0 Å². The van der Waals surface area contributed by atoms with Gasteiger partial charge < -0.3 is 14.8 Å². The molecule has 0 aliphatic carbocycles. The van der Waals surface area contributed by atoms with Gasteiger partial charge >= 0.3 is 12.1 Å². The lowest BCUT2D eigenvalue weighted by atomic mass is 9.93. The second-order valence-electron chi connectivity index (χ2n) is 9.01. The molecule has 1 aliphatic heterocycles. The Hall–Kier alpha value is -2.90. The van der Waals surface area contributed by atoms with E-state index < -0.39 is 41.6 Å². The molecule has 0 fully saturated rings. The van der Waals surface area contributed by atoms with Crippen molar-refractivity contribution in [1.82, 2.24) is 10.2 Å². The summed E-state index contributed by atoms with van der Waals surface area (Å²) >= 11 is 0. The van der Waals surface area contributed by atoms with Crippen molar-refractivity contribution in [2.45, 2.75) is 65.8 Å². The van der Waals surface area contributed by atoms with Gasteiger partial charge in [0.2, 0.25) is 5.91 Å². The molecule has 0 bridgehead atoms. The molecule has 1 aromatic rings. The Morgan fingerprint density at radius 3 is 2.32 bits per heavy atom. The molecule has 2 rings (SSSR count). The number of aliphatic imine (C=N–C) groups is 1. The van der Waals surface area contributed by atoms with Crippen LogP contribution in [0.2, 0.25) is 0 Å². The molecule has 2 amide bonds. The van der Waals surface area contributed by atoms with E-state index in [1.165, 1.54) is 12.0 Å². The second-order valence-corrected chi connectivity index (χ2v) is 9.01. The first-order valence-electron chi connectivity index (χ1n) is 10.4. The number of nitrogens with zero attached hydrogens (tertiary/aromatic N) is 2. The third kappa shape index (κ3) is 6.29. The highest BCUT2D eigenvalue weighted by Gasteiger charge is 2.44. The van der Waals surface area contributed by atoms with E-state index in [9.17, 15) is 14.4 Å². The third-order valence-electron chi connectivity index (χ3n) is 4.88. The molecule has 0 aromatic heterocycles. The maximum atomic E-state index is 13.4. The summed E-state index contributed by atoms with van der Waals surface area (Å²) in [5.74, 6) is -1.74. The van der Waals surface area contributed by atoms with Crippen LogP contribution in [0.5, 0.6) is 0 Å². The zero-order valence-corrected chi connectivity index (χ0v) is 19.3. The number of alkyl carbamates (subject to hydrolysis) is 1. The van der Waals surface area contributed by atoms with Crippen LogP contribution in [0.4, 0.5) is 4.79 Å². The number of ether oxygens (including phenoxy) is 2. The predicted octanol–water partition coefficient (Wildman–Crippen LogP) is 3.15. The number of carbonyl (C=O) groups excluding carboxylic acids is 3. The number of carbonyl (C=O) groups is 3. The van der Waals surface area contributed by atoms with E-state index in [-0.39, 0.29) is 12.5 Å². The Labute approximate surface area is 184 Å². The Kier molecular flexibility index (Phi) is 7.81. The molecule has 1 heterocycles. The number of esters is 1. The minimum absolute atomic E-state index is 0.0841. The monoisotopic (exact) mass is 431 g/mol. The Morgan fingerprint density at radius 2 is 1.81 bits per heavy atom. The lowest BCUT2D eigenvalue weighted by Crippen LogP contribution is -2.59. The molecule has 8 nitrogen and oxygen atoms in total. The first kappa shape index (κ1) is 24.4. The number of amidine groups is 1. The molecule has 0 saturated carbocycles. The van der Waals surface area contributed by atoms with Crippen molar-refractivity contribution in [2.24, 2.45) is 16.8 Å². The first-order chi connectivity index (χ1) is 14.4. The summed E-state index contributed by atoms with van der Waals surface area (Å²) in [4.78, 5) is 44.3. The number of hydrogen-bond acceptors (Lipinski definition) is 6. The smallest absolute Gasteiger partial charge is 0.408 e. The number of amides is 2. The van der Waals surface area contributed by atoms with Crippen LogP contribution in [0.1, 0.15) is 47.1 Å². The van der Waals surface area contributed by atoms with E-state index in [0.29, 0.717) is 5.84 Å². The van der Waals surface area contributed by atoms with Crippen LogP contribution in [0.15, 0.2) is 35.3 Å². The minimum Gasteiger partial charge on any atom is -0.468 e. The normalized spacial score (nSPS) is 20.2. The van der Waals surface area contributed by atoms with Crippen LogP contribution in [-0.2, 0) is 25.6 Å². The molecule has 3 atom stereocenters. The van der Waals surface area contributed by atoms with E-state index in [1.54, 1.807) is 27.7 Å². The maximum Gasteiger partial charge on any atom is 0.408 e. The van der Waals surface area contributed by atoms with Gasteiger partial charge in [-0.2, -0.15) is 0 Å². The van der Waals surface area contributed by atoms with Gasteiger partial charge in [0.1, 0.15) is 11.4 Å². The van der Waals surface area contributed by atoms with Gasteiger partial charge in [0.15, 0.2) is 5.92 Å². The Bertz CT molecular complexity index is 829. The van der Waals surface area contributed by atoms with E-state index in [1.807, 2.05) is 44.2 Å². The zero-order chi connectivity index (χ0) is 23.3. The molecule has 1 N–H and O–H groups in total. The molecule has 31 heavy (non-hydrogen) atoms. The summed E-state index contributed by atoms with van der Waals surface area (Å²) in [6, 6.07) is 8.22. The van der Waals surface area contributed by atoms with Crippen molar-refractivity contribution < 1.29 is 23.9 Å². The van der Waals surface area contributed by atoms with Crippen molar-refractivity contribution >= 4 is 23.8 Å². The maximum absolute atomic E-state index is 13.4. The lowest BCUT2D eigenvalue weighted by molar-refractivity contribution is -0.153. The van der Waals surface area contributed by atoms with Gasteiger partial charge in [-0.1, -0.05) is 44.2 Å².